The molecule has 1 aromatic carbocycles. The first-order chi connectivity index (χ1) is 25.7. The van der Waals surface area contributed by atoms with E-state index < -0.39 is 23.7 Å². The molecule has 2 aliphatic heterocycles. The van der Waals surface area contributed by atoms with Gasteiger partial charge in [-0.25, -0.2) is 4.68 Å². The summed E-state index contributed by atoms with van der Waals surface area (Å²) >= 11 is 0. The van der Waals surface area contributed by atoms with Crippen LogP contribution in [0.25, 0.3) is 0 Å². The summed E-state index contributed by atoms with van der Waals surface area (Å²) in [5, 5.41) is 33.5. The van der Waals surface area contributed by atoms with Crippen molar-refractivity contribution in [2.24, 2.45) is 22.9 Å². The Labute approximate surface area is 313 Å². The summed E-state index contributed by atoms with van der Waals surface area (Å²) < 4.78 is 34.6. The molecule has 6 rings (SSSR count). The lowest BCUT2D eigenvalue weighted by Gasteiger charge is -2.58. The minimum atomic E-state index is -1.29. The topological polar surface area (TPSA) is 139 Å². The highest BCUT2D eigenvalue weighted by atomic mass is 16.7. The molecule has 53 heavy (non-hydrogen) atoms. The summed E-state index contributed by atoms with van der Waals surface area (Å²) in [4.78, 5) is 6.21. The molecule has 7 atom stereocenters. The Morgan fingerprint density at radius 3 is 2.57 bits per heavy atom. The van der Waals surface area contributed by atoms with Crippen LogP contribution in [0.2, 0.25) is 0 Å². The van der Waals surface area contributed by atoms with E-state index in [1.165, 1.54) is 0 Å². The Balaban J connectivity index is 1.58. The predicted molar refractivity (Wildman–Crippen MR) is 201 cm³/mol. The second-order valence-corrected chi connectivity index (χ2v) is 15.5. The zero-order valence-corrected chi connectivity index (χ0v) is 31.7. The summed E-state index contributed by atoms with van der Waals surface area (Å²) in [6.07, 6.45) is 15.1. The number of nitrogens with zero attached hydrogens (tertiary/aromatic N) is 4. The van der Waals surface area contributed by atoms with Crippen molar-refractivity contribution in [3.05, 3.63) is 66.9 Å². The van der Waals surface area contributed by atoms with Crippen LogP contribution in [0.4, 0.5) is 0 Å². The van der Waals surface area contributed by atoms with Gasteiger partial charge in [-0.05, 0) is 94.9 Å². The van der Waals surface area contributed by atoms with Crippen molar-refractivity contribution < 1.29 is 38.7 Å². The quantitative estimate of drug-likeness (QED) is 0.0931. The number of benzene rings is 1. The molecule has 0 spiro atoms. The lowest BCUT2D eigenvalue weighted by molar-refractivity contribution is -0.253. The van der Waals surface area contributed by atoms with Gasteiger partial charge in [-0.2, -0.15) is 0 Å². The second-order valence-electron chi connectivity index (χ2n) is 15.5. The summed E-state index contributed by atoms with van der Waals surface area (Å²) in [7, 11) is 0. The van der Waals surface area contributed by atoms with Crippen LogP contribution in [-0.4, -0.2) is 81.6 Å². The Morgan fingerprint density at radius 2 is 1.85 bits per heavy atom. The lowest BCUT2D eigenvalue weighted by Crippen LogP contribution is -2.63. The van der Waals surface area contributed by atoms with Crippen LogP contribution in [0.15, 0.2) is 66.5 Å². The minimum absolute atomic E-state index is 0.106. The molecule has 12 nitrogen and oxygen atoms in total. The Hall–Kier alpha value is -3.71. The molecular weight excluding hydrogens is 676 g/mol. The third kappa shape index (κ3) is 8.66. The van der Waals surface area contributed by atoms with Gasteiger partial charge in [0, 0.05) is 37.5 Å². The van der Waals surface area contributed by atoms with Crippen LogP contribution >= 0.6 is 0 Å². The largest absolute Gasteiger partial charge is 0.490 e. The summed E-state index contributed by atoms with van der Waals surface area (Å²) in [6.45, 7) is 15.3. The number of fused-ring (bicyclic) bond motifs is 2. The molecule has 4 aliphatic rings. The molecule has 2 aliphatic carbocycles. The molecule has 1 saturated carbocycles. The van der Waals surface area contributed by atoms with Gasteiger partial charge in [0.25, 0.3) is 0 Å². The van der Waals surface area contributed by atoms with E-state index in [1.54, 1.807) is 23.0 Å². The number of ether oxygens (including phenoxy) is 5. The number of oxime groups is 1. The van der Waals surface area contributed by atoms with Crippen LogP contribution in [0.3, 0.4) is 0 Å². The Bertz CT molecular complexity index is 1590. The van der Waals surface area contributed by atoms with Crippen LogP contribution in [-0.2, 0) is 14.3 Å². The van der Waals surface area contributed by atoms with Crippen molar-refractivity contribution in [1.29, 1.82) is 0 Å². The maximum atomic E-state index is 9.88. The molecule has 3 heterocycles. The Kier molecular flexibility index (Phi) is 13.0. The number of aliphatic hydroxyl groups excluding tert-OH is 2. The first kappa shape index (κ1) is 39.0. The molecule has 290 valence electrons. The van der Waals surface area contributed by atoms with E-state index in [4.69, 9.17) is 33.7 Å². The Morgan fingerprint density at radius 1 is 1.06 bits per heavy atom. The summed E-state index contributed by atoms with van der Waals surface area (Å²) in [5.41, 5.74) is 2.31. The zero-order chi connectivity index (χ0) is 37.4. The van der Waals surface area contributed by atoms with Gasteiger partial charge in [0.05, 0.1) is 24.8 Å². The molecule has 0 amide bonds. The summed E-state index contributed by atoms with van der Waals surface area (Å²) in [6, 6.07) is 5.42. The van der Waals surface area contributed by atoms with Gasteiger partial charge in [0.15, 0.2) is 0 Å². The van der Waals surface area contributed by atoms with E-state index in [1.807, 2.05) is 32.9 Å². The smallest absolute Gasteiger partial charge is 0.241 e. The fourth-order valence-electron chi connectivity index (χ4n) is 8.49. The first-order valence-corrected chi connectivity index (χ1v) is 19.4. The van der Waals surface area contributed by atoms with Crippen LogP contribution in [0.5, 0.6) is 17.4 Å². The highest BCUT2D eigenvalue weighted by Gasteiger charge is 2.65. The molecule has 2 N–H and O–H groups in total. The van der Waals surface area contributed by atoms with E-state index in [9.17, 15) is 10.2 Å². The van der Waals surface area contributed by atoms with Crippen LogP contribution < -0.4 is 14.2 Å². The molecule has 2 fully saturated rings. The normalized spacial score (nSPS) is 28.6. The van der Waals surface area contributed by atoms with Crippen molar-refractivity contribution in [2.45, 2.75) is 115 Å². The minimum Gasteiger partial charge on any atom is -0.490 e. The molecule has 1 aromatic heterocycles. The average Bonchev–Trinajstić information content (AvgIpc) is 3.61. The van der Waals surface area contributed by atoms with E-state index in [0.717, 1.165) is 74.0 Å². The predicted octanol–water partition coefficient (Wildman–Crippen LogP) is 7.05. The number of rotatable bonds is 18. The molecule has 1 saturated heterocycles. The summed E-state index contributed by atoms with van der Waals surface area (Å²) in [5.74, 6) is 0.442. The van der Waals surface area contributed by atoms with Gasteiger partial charge in [-0.3, -0.25) is 0 Å². The number of aromatic nitrogens is 3. The third-order valence-electron chi connectivity index (χ3n) is 10.7. The van der Waals surface area contributed by atoms with Gasteiger partial charge in [0.2, 0.25) is 18.0 Å². The van der Waals surface area contributed by atoms with Crippen molar-refractivity contribution in [3.8, 4) is 17.4 Å². The average molecular weight is 735 g/mol. The van der Waals surface area contributed by atoms with Crippen molar-refractivity contribution in [2.75, 3.05) is 33.0 Å². The molecule has 0 radical (unpaired) electrons. The van der Waals surface area contributed by atoms with Crippen molar-refractivity contribution in [1.82, 2.24) is 15.0 Å². The van der Waals surface area contributed by atoms with Gasteiger partial charge >= 0.3 is 0 Å². The fourth-order valence-corrected chi connectivity index (χ4v) is 8.49. The van der Waals surface area contributed by atoms with E-state index in [2.05, 4.69) is 35.6 Å². The number of hydrogen-bond donors (Lipinski definition) is 2. The van der Waals surface area contributed by atoms with Gasteiger partial charge < -0.3 is 38.7 Å². The van der Waals surface area contributed by atoms with Gasteiger partial charge in [-0.1, -0.05) is 48.0 Å². The third-order valence-corrected chi connectivity index (χ3v) is 10.7. The number of unbranched alkanes of at least 4 members (excludes halogenated alkanes) is 2. The fraction of sp³-hybridized carbons (Fsp3) is 0.634. The lowest BCUT2D eigenvalue weighted by atomic mass is 9.55. The van der Waals surface area contributed by atoms with Crippen LogP contribution in [0.1, 0.15) is 103 Å². The van der Waals surface area contributed by atoms with Crippen molar-refractivity contribution >= 4 is 5.71 Å². The number of aliphatic hydroxyl groups is 2. The van der Waals surface area contributed by atoms with E-state index >= 15 is 0 Å². The number of hydrogen-bond acceptors (Lipinski definition) is 11. The maximum Gasteiger partial charge on any atom is 0.241 e. The monoisotopic (exact) mass is 734 g/mol. The van der Waals surface area contributed by atoms with E-state index in [-0.39, 0.29) is 43.5 Å². The molecule has 2 aromatic rings. The first-order valence-electron chi connectivity index (χ1n) is 19.4. The molecular formula is C41H58N4O8. The number of allylic oxidation sites excluding steroid dienone is 1. The second kappa shape index (κ2) is 17.6. The van der Waals surface area contributed by atoms with Crippen molar-refractivity contribution in [3.63, 3.8) is 0 Å². The van der Waals surface area contributed by atoms with E-state index in [0.29, 0.717) is 37.7 Å². The molecule has 7 unspecified atom stereocenters. The van der Waals surface area contributed by atoms with Crippen LogP contribution in [0, 0.1) is 17.8 Å². The SMILES string of the molecule is C=CCOc1ccc2c(c1)C1C(CCCCO)C(CCCCO)C=C3C(=NOC(C)(C)C)CC(n4nncc4OC4CCCCO4)C(OCC=C)(O2)C31. The standard InChI is InChI=1S/C41H58N4O8/c1-6-21-48-29-17-18-34-32(25-29)38-30(15-9-12-20-47)28(14-8-11-19-46)24-31-33(43-53-40(3,4)5)26-35(41(52-34,39(31)38)50-22-7-2)45-36(27-42-44-45)51-37-16-10-13-23-49-37/h6-7,17-18,24-25,27-28,30,35,37-39,46-47H,1-2,8-16,19-23,26H2,3-5H3. The molecule has 0 bridgehead atoms. The maximum absolute atomic E-state index is 9.88. The highest BCUT2D eigenvalue weighted by Crippen LogP contribution is 2.63. The zero-order valence-electron chi connectivity index (χ0n) is 31.7. The highest BCUT2D eigenvalue weighted by molar-refractivity contribution is 6.02. The van der Waals surface area contributed by atoms with Gasteiger partial charge in [0.1, 0.15) is 35.9 Å². The van der Waals surface area contributed by atoms with Gasteiger partial charge in [-0.15, -0.1) is 11.7 Å². The molecule has 12 heteroatoms.